The standard InChI is InChI=1S/C25H35ClO6/c1-17(2)32-25(30)11-6-4-3-5-10-21-22(24(29)15-23(21)28)13-12-19(27)16-31-20-9-7-8-18(26)14-20/h3,5,7-9,12-14,17,19,21-24,27-29H,4,6,10-11,15-16H2,1-2H3/t19-,21-,22-,23+,24-/m1/s1. The number of hydrogen-bond acceptors (Lipinski definition) is 6. The Morgan fingerprint density at radius 3 is 2.75 bits per heavy atom. The van der Waals surface area contributed by atoms with Crippen LogP contribution < -0.4 is 4.74 Å². The minimum Gasteiger partial charge on any atom is -0.491 e. The van der Waals surface area contributed by atoms with Crippen LogP contribution in [0.4, 0.5) is 0 Å². The van der Waals surface area contributed by atoms with E-state index in [1.807, 2.05) is 26.0 Å². The third kappa shape index (κ3) is 9.33. The second-order valence-corrected chi connectivity index (χ2v) is 8.91. The second-order valence-electron chi connectivity index (χ2n) is 8.47. The minimum absolute atomic E-state index is 0.0615. The first-order chi connectivity index (χ1) is 15.3. The largest absolute Gasteiger partial charge is 0.491 e. The first kappa shape index (κ1) is 26.4. The maximum atomic E-state index is 11.5. The fourth-order valence-electron chi connectivity index (χ4n) is 3.81. The molecular formula is C25H35ClO6. The molecule has 1 saturated carbocycles. The molecule has 32 heavy (non-hydrogen) atoms. The maximum Gasteiger partial charge on any atom is 0.306 e. The molecule has 0 spiro atoms. The van der Waals surface area contributed by atoms with E-state index in [4.69, 9.17) is 21.1 Å². The average molecular weight is 467 g/mol. The van der Waals surface area contributed by atoms with Crippen molar-refractivity contribution in [2.24, 2.45) is 11.8 Å². The highest BCUT2D eigenvalue weighted by atomic mass is 35.5. The van der Waals surface area contributed by atoms with Gasteiger partial charge in [0.05, 0.1) is 18.3 Å². The molecule has 5 atom stereocenters. The Bertz CT molecular complexity index is 763. The van der Waals surface area contributed by atoms with E-state index < -0.39 is 18.3 Å². The van der Waals surface area contributed by atoms with Crippen LogP contribution in [0.3, 0.4) is 0 Å². The van der Waals surface area contributed by atoms with Crippen LogP contribution in [0.2, 0.25) is 5.02 Å². The van der Waals surface area contributed by atoms with Gasteiger partial charge in [-0.25, -0.2) is 0 Å². The maximum absolute atomic E-state index is 11.5. The summed E-state index contributed by atoms with van der Waals surface area (Å²) in [6.45, 7) is 3.72. The highest BCUT2D eigenvalue weighted by Gasteiger charge is 2.39. The quantitative estimate of drug-likeness (QED) is 0.244. The molecule has 3 N–H and O–H groups in total. The Hall–Kier alpha value is -1.86. The average Bonchev–Trinajstić information content (AvgIpc) is 2.99. The van der Waals surface area contributed by atoms with Crippen molar-refractivity contribution in [3.63, 3.8) is 0 Å². The Balaban J connectivity index is 1.78. The molecule has 0 unspecified atom stereocenters. The number of halogens is 1. The number of esters is 1. The lowest BCUT2D eigenvalue weighted by molar-refractivity contribution is -0.147. The molecule has 7 heteroatoms. The zero-order valence-electron chi connectivity index (χ0n) is 18.8. The van der Waals surface area contributed by atoms with Crippen molar-refractivity contribution in [3.8, 4) is 5.75 Å². The van der Waals surface area contributed by atoms with Gasteiger partial charge in [-0.1, -0.05) is 42.0 Å². The molecule has 0 bridgehead atoms. The van der Waals surface area contributed by atoms with Gasteiger partial charge in [-0.2, -0.15) is 0 Å². The molecule has 1 aliphatic rings. The fraction of sp³-hybridized carbons (Fsp3) is 0.560. The lowest BCUT2D eigenvalue weighted by atomic mass is 9.89. The zero-order valence-corrected chi connectivity index (χ0v) is 19.5. The third-order valence-corrected chi connectivity index (χ3v) is 5.62. The van der Waals surface area contributed by atoms with Gasteiger partial charge in [0.2, 0.25) is 0 Å². The number of unbranched alkanes of at least 4 members (excludes halogenated alkanes) is 1. The Labute approximate surface area is 195 Å². The molecule has 0 aromatic heterocycles. The summed E-state index contributed by atoms with van der Waals surface area (Å²) in [6.07, 6.45) is 7.90. The van der Waals surface area contributed by atoms with Gasteiger partial charge in [-0.15, -0.1) is 0 Å². The first-order valence-electron chi connectivity index (χ1n) is 11.2. The van der Waals surface area contributed by atoms with E-state index >= 15 is 0 Å². The van der Waals surface area contributed by atoms with Gasteiger partial charge in [0.25, 0.3) is 0 Å². The monoisotopic (exact) mass is 466 g/mol. The number of rotatable bonds is 12. The molecule has 0 aliphatic heterocycles. The summed E-state index contributed by atoms with van der Waals surface area (Å²) in [7, 11) is 0. The van der Waals surface area contributed by atoms with Gasteiger partial charge >= 0.3 is 5.97 Å². The van der Waals surface area contributed by atoms with Crippen LogP contribution in [-0.2, 0) is 9.53 Å². The van der Waals surface area contributed by atoms with Crippen LogP contribution in [0.5, 0.6) is 5.75 Å². The number of hydrogen-bond donors (Lipinski definition) is 3. The van der Waals surface area contributed by atoms with Crippen LogP contribution >= 0.6 is 11.6 Å². The van der Waals surface area contributed by atoms with Crippen molar-refractivity contribution >= 4 is 17.6 Å². The molecule has 1 fully saturated rings. The Morgan fingerprint density at radius 2 is 2.03 bits per heavy atom. The number of aliphatic hydroxyl groups is 3. The van der Waals surface area contributed by atoms with E-state index in [1.54, 1.807) is 36.4 Å². The summed E-state index contributed by atoms with van der Waals surface area (Å²) in [5.41, 5.74) is 0. The van der Waals surface area contributed by atoms with Crippen LogP contribution in [0.15, 0.2) is 48.6 Å². The summed E-state index contributed by atoms with van der Waals surface area (Å²) in [5, 5.41) is 31.5. The summed E-state index contributed by atoms with van der Waals surface area (Å²) >= 11 is 5.92. The lowest BCUT2D eigenvalue weighted by Gasteiger charge is -2.19. The van der Waals surface area contributed by atoms with Gasteiger partial charge in [0.15, 0.2) is 0 Å². The lowest BCUT2D eigenvalue weighted by Crippen LogP contribution is -2.21. The van der Waals surface area contributed by atoms with Gasteiger partial charge in [-0.3, -0.25) is 4.79 Å². The first-order valence-corrected chi connectivity index (χ1v) is 11.6. The Morgan fingerprint density at radius 1 is 1.25 bits per heavy atom. The molecule has 0 amide bonds. The number of allylic oxidation sites excluding steroid dienone is 2. The highest BCUT2D eigenvalue weighted by molar-refractivity contribution is 6.30. The molecular weight excluding hydrogens is 432 g/mol. The molecule has 1 aromatic rings. The van der Waals surface area contributed by atoms with E-state index in [-0.39, 0.29) is 30.5 Å². The molecule has 1 aromatic carbocycles. The zero-order chi connectivity index (χ0) is 23.5. The highest BCUT2D eigenvalue weighted by Crippen LogP contribution is 2.36. The van der Waals surface area contributed by atoms with E-state index in [9.17, 15) is 20.1 Å². The van der Waals surface area contributed by atoms with Crippen molar-refractivity contribution < 1.29 is 29.6 Å². The topological polar surface area (TPSA) is 96.2 Å². The molecule has 0 saturated heterocycles. The van der Waals surface area contributed by atoms with Gasteiger partial charge in [-0.05, 0) is 57.2 Å². The second kappa shape index (κ2) is 13.6. The SMILES string of the molecule is CC(C)OC(=O)CCCC=CC[C@@H]1[C@@H](C=C[C@@H](O)COc2cccc(Cl)c2)[C@H](O)C[C@@H]1O. The van der Waals surface area contributed by atoms with E-state index in [0.717, 1.165) is 6.42 Å². The Kier molecular flexibility index (Phi) is 11.2. The molecule has 0 radical (unpaired) electrons. The van der Waals surface area contributed by atoms with Crippen molar-refractivity contribution in [1.29, 1.82) is 0 Å². The normalized spacial score (nSPS) is 24.5. The van der Waals surface area contributed by atoms with E-state index in [1.165, 1.54) is 0 Å². The van der Waals surface area contributed by atoms with Crippen LogP contribution in [0.25, 0.3) is 0 Å². The molecule has 178 valence electrons. The summed E-state index contributed by atoms with van der Waals surface area (Å²) in [6, 6.07) is 6.94. The van der Waals surface area contributed by atoms with Crippen molar-refractivity contribution in [1.82, 2.24) is 0 Å². The number of carbonyl (C=O) groups excluding carboxylic acids is 1. The van der Waals surface area contributed by atoms with Crippen LogP contribution in [0.1, 0.15) is 46.0 Å². The summed E-state index contributed by atoms with van der Waals surface area (Å²) in [4.78, 5) is 11.5. The summed E-state index contributed by atoms with van der Waals surface area (Å²) in [5.74, 6) is -0.00598. The van der Waals surface area contributed by atoms with Gasteiger partial charge < -0.3 is 24.8 Å². The minimum atomic E-state index is -0.847. The molecule has 1 aliphatic carbocycles. The molecule has 0 heterocycles. The van der Waals surface area contributed by atoms with Gasteiger partial charge in [0, 0.05) is 23.8 Å². The number of benzene rings is 1. The predicted octanol–water partition coefficient (Wildman–Crippen LogP) is 4.06. The summed E-state index contributed by atoms with van der Waals surface area (Å²) < 4.78 is 10.6. The molecule has 6 nitrogen and oxygen atoms in total. The molecule has 2 rings (SSSR count). The third-order valence-electron chi connectivity index (χ3n) is 5.38. The van der Waals surface area contributed by atoms with E-state index in [2.05, 4.69) is 0 Å². The number of carbonyl (C=O) groups is 1. The number of ether oxygens (including phenoxy) is 2. The smallest absolute Gasteiger partial charge is 0.306 e. The van der Waals surface area contributed by atoms with E-state index in [0.29, 0.717) is 36.5 Å². The van der Waals surface area contributed by atoms with Crippen molar-refractivity contribution in [3.05, 3.63) is 53.6 Å². The van der Waals surface area contributed by atoms with Crippen molar-refractivity contribution in [2.45, 2.75) is 70.4 Å². The predicted molar refractivity (Wildman–Crippen MR) is 125 cm³/mol. The van der Waals surface area contributed by atoms with Crippen LogP contribution in [-0.4, -0.2) is 52.3 Å². The fourth-order valence-corrected chi connectivity index (χ4v) is 3.99. The number of aliphatic hydroxyl groups excluding tert-OH is 3. The van der Waals surface area contributed by atoms with Gasteiger partial charge in [0.1, 0.15) is 18.5 Å². The van der Waals surface area contributed by atoms with Crippen molar-refractivity contribution in [2.75, 3.05) is 6.61 Å². The van der Waals surface area contributed by atoms with Crippen LogP contribution in [0, 0.1) is 11.8 Å².